The molecule has 0 aliphatic heterocycles. The van der Waals surface area contributed by atoms with Crippen LogP contribution < -0.4 is 0 Å². The van der Waals surface area contributed by atoms with Crippen molar-refractivity contribution < 1.29 is 13.5 Å². The molecular formula is C13H19ClO3S. The standard InChI is InChI=1S/C13H19ClO3S/c1-3-6-12(15)13(4-2)18(16,17)11-8-5-7-10(14)9-11/h5,7-9,12-13,15H,3-4,6H2,1-2H3. The molecule has 0 heterocycles. The fourth-order valence-corrected chi connectivity index (χ4v) is 4.15. The van der Waals surface area contributed by atoms with Gasteiger partial charge in [0, 0.05) is 5.02 Å². The van der Waals surface area contributed by atoms with Gasteiger partial charge in [-0.1, -0.05) is 37.9 Å². The van der Waals surface area contributed by atoms with E-state index in [1.807, 2.05) is 6.92 Å². The molecule has 1 aromatic carbocycles. The highest BCUT2D eigenvalue weighted by atomic mass is 35.5. The van der Waals surface area contributed by atoms with Gasteiger partial charge in [-0.15, -0.1) is 0 Å². The molecule has 0 saturated carbocycles. The van der Waals surface area contributed by atoms with E-state index in [-0.39, 0.29) is 4.90 Å². The summed E-state index contributed by atoms with van der Waals surface area (Å²) in [6.07, 6.45) is 0.792. The van der Waals surface area contributed by atoms with Crippen molar-refractivity contribution in [3.8, 4) is 0 Å². The number of rotatable bonds is 6. The van der Waals surface area contributed by atoms with Gasteiger partial charge in [0.1, 0.15) is 0 Å². The van der Waals surface area contributed by atoms with Crippen molar-refractivity contribution >= 4 is 21.4 Å². The zero-order valence-corrected chi connectivity index (χ0v) is 12.2. The van der Waals surface area contributed by atoms with Crippen LogP contribution in [-0.2, 0) is 9.84 Å². The van der Waals surface area contributed by atoms with Crippen molar-refractivity contribution in [3.63, 3.8) is 0 Å². The number of hydrogen-bond donors (Lipinski definition) is 1. The molecule has 0 fully saturated rings. The number of aliphatic hydroxyl groups excluding tert-OH is 1. The van der Waals surface area contributed by atoms with Gasteiger partial charge in [-0.3, -0.25) is 0 Å². The normalized spacial score (nSPS) is 15.3. The topological polar surface area (TPSA) is 54.4 Å². The minimum absolute atomic E-state index is 0.178. The van der Waals surface area contributed by atoms with Gasteiger partial charge >= 0.3 is 0 Å². The van der Waals surface area contributed by atoms with Crippen LogP contribution in [0.15, 0.2) is 29.2 Å². The molecule has 0 radical (unpaired) electrons. The van der Waals surface area contributed by atoms with Crippen LogP contribution in [0.3, 0.4) is 0 Å². The van der Waals surface area contributed by atoms with Gasteiger partial charge in [0.2, 0.25) is 0 Å². The molecule has 0 amide bonds. The number of halogens is 1. The average molecular weight is 291 g/mol. The monoisotopic (exact) mass is 290 g/mol. The highest BCUT2D eigenvalue weighted by Gasteiger charge is 2.31. The Kier molecular flexibility index (Phi) is 5.63. The van der Waals surface area contributed by atoms with Crippen LogP contribution in [0, 0.1) is 0 Å². The summed E-state index contributed by atoms with van der Waals surface area (Å²) in [5, 5.41) is 9.58. The summed E-state index contributed by atoms with van der Waals surface area (Å²) in [5.74, 6) is 0. The van der Waals surface area contributed by atoms with E-state index >= 15 is 0 Å². The number of aliphatic hydroxyl groups is 1. The Morgan fingerprint density at radius 3 is 2.50 bits per heavy atom. The van der Waals surface area contributed by atoms with E-state index in [2.05, 4.69) is 0 Å². The lowest BCUT2D eigenvalue weighted by molar-refractivity contribution is 0.155. The Morgan fingerprint density at radius 1 is 1.33 bits per heavy atom. The van der Waals surface area contributed by atoms with E-state index in [0.29, 0.717) is 17.9 Å². The molecule has 5 heteroatoms. The molecule has 0 spiro atoms. The van der Waals surface area contributed by atoms with Crippen LogP contribution in [0.5, 0.6) is 0 Å². The SMILES string of the molecule is CCCC(O)C(CC)S(=O)(=O)c1cccc(Cl)c1. The van der Waals surface area contributed by atoms with Crippen molar-refractivity contribution in [1.29, 1.82) is 0 Å². The second kappa shape index (κ2) is 6.55. The third-order valence-corrected chi connectivity index (χ3v) is 5.53. The first kappa shape index (κ1) is 15.5. The molecule has 2 atom stereocenters. The molecule has 0 bridgehead atoms. The first-order valence-corrected chi connectivity index (χ1v) is 8.03. The first-order chi connectivity index (χ1) is 8.43. The lowest BCUT2D eigenvalue weighted by Crippen LogP contribution is -2.33. The molecular weight excluding hydrogens is 272 g/mol. The van der Waals surface area contributed by atoms with Crippen LogP contribution in [0.4, 0.5) is 0 Å². The second-order valence-corrected chi connectivity index (χ2v) is 6.91. The van der Waals surface area contributed by atoms with Gasteiger partial charge in [-0.05, 0) is 31.0 Å². The van der Waals surface area contributed by atoms with Crippen LogP contribution in [0.25, 0.3) is 0 Å². The summed E-state index contributed by atoms with van der Waals surface area (Å²) in [6.45, 7) is 3.69. The predicted molar refractivity (Wildman–Crippen MR) is 73.6 cm³/mol. The van der Waals surface area contributed by atoms with Crippen molar-refractivity contribution in [1.82, 2.24) is 0 Å². The molecule has 0 aromatic heterocycles. The van der Waals surface area contributed by atoms with Gasteiger partial charge in [0.25, 0.3) is 0 Å². The molecule has 0 aliphatic rings. The van der Waals surface area contributed by atoms with E-state index < -0.39 is 21.2 Å². The van der Waals surface area contributed by atoms with E-state index in [0.717, 1.165) is 6.42 Å². The fourth-order valence-electron chi connectivity index (χ4n) is 2.00. The molecule has 0 aliphatic carbocycles. The maximum atomic E-state index is 12.4. The Bertz CT molecular complexity index is 485. The maximum absolute atomic E-state index is 12.4. The average Bonchev–Trinajstić information content (AvgIpc) is 2.30. The van der Waals surface area contributed by atoms with Crippen molar-refractivity contribution in [2.75, 3.05) is 0 Å². The summed E-state index contributed by atoms with van der Waals surface area (Å²) in [7, 11) is -3.53. The summed E-state index contributed by atoms with van der Waals surface area (Å²) in [5.41, 5.74) is 0. The fraction of sp³-hybridized carbons (Fsp3) is 0.538. The number of benzene rings is 1. The van der Waals surface area contributed by atoms with Gasteiger partial charge in [-0.25, -0.2) is 8.42 Å². The van der Waals surface area contributed by atoms with Gasteiger partial charge in [0.15, 0.2) is 9.84 Å². The summed E-state index contributed by atoms with van der Waals surface area (Å²) >= 11 is 5.81. The maximum Gasteiger partial charge on any atom is 0.183 e. The van der Waals surface area contributed by atoms with Gasteiger partial charge in [-0.2, -0.15) is 0 Å². The third-order valence-electron chi connectivity index (χ3n) is 2.94. The molecule has 1 N–H and O–H groups in total. The second-order valence-electron chi connectivity index (χ2n) is 4.31. The Balaban J connectivity index is 3.11. The van der Waals surface area contributed by atoms with E-state index in [4.69, 9.17) is 11.6 Å². The molecule has 1 aromatic rings. The van der Waals surface area contributed by atoms with Crippen molar-refractivity contribution in [2.24, 2.45) is 0 Å². The minimum atomic E-state index is -3.53. The summed E-state index contributed by atoms with van der Waals surface area (Å²) in [6, 6.07) is 6.18. The molecule has 18 heavy (non-hydrogen) atoms. The molecule has 1 rings (SSSR count). The van der Waals surface area contributed by atoms with Crippen molar-refractivity contribution in [2.45, 2.75) is 49.4 Å². The van der Waals surface area contributed by atoms with E-state index in [1.54, 1.807) is 19.1 Å². The van der Waals surface area contributed by atoms with Gasteiger partial charge < -0.3 is 5.11 Å². The number of hydrogen-bond acceptors (Lipinski definition) is 3. The Hall–Kier alpha value is -0.580. The summed E-state index contributed by atoms with van der Waals surface area (Å²) in [4.78, 5) is 0.178. The first-order valence-electron chi connectivity index (χ1n) is 6.11. The highest BCUT2D eigenvalue weighted by molar-refractivity contribution is 7.92. The van der Waals surface area contributed by atoms with Crippen molar-refractivity contribution in [3.05, 3.63) is 29.3 Å². The van der Waals surface area contributed by atoms with Gasteiger partial charge in [0.05, 0.1) is 16.2 Å². The Morgan fingerprint density at radius 2 is 2.00 bits per heavy atom. The van der Waals surface area contributed by atoms with Crippen LogP contribution in [-0.4, -0.2) is 24.9 Å². The smallest absolute Gasteiger partial charge is 0.183 e. The molecule has 2 unspecified atom stereocenters. The lowest BCUT2D eigenvalue weighted by Gasteiger charge is -2.21. The van der Waals surface area contributed by atoms with E-state index in [9.17, 15) is 13.5 Å². The molecule has 0 saturated heterocycles. The largest absolute Gasteiger partial charge is 0.392 e. The van der Waals surface area contributed by atoms with E-state index in [1.165, 1.54) is 12.1 Å². The quantitative estimate of drug-likeness (QED) is 0.876. The zero-order chi connectivity index (χ0) is 13.8. The lowest BCUT2D eigenvalue weighted by atomic mass is 10.1. The highest BCUT2D eigenvalue weighted by Crippen LogP contribution is 2.24. The zero-order valence-electron chi connectivity index (χ0n) is 10.6. The Labute approximate surface area is 114 Å². The van der Waals surface area contributed by atoms with Crippen LogP contribution >= 0.6 is 11.6 Å². The molecule has 3 nitrogen and oxygen atoms in total. The molecule has 102 valence electrons. The predicted octanol–water partition coefficient (Wildman–Crippen LogP) is 3.05. The third kappa shape index (κ3) is 3.46. The minimum Gasteiger partial charge on any atom is -0.392 e. The number of sulfone groups is 1. The van der Waals surface area contributed by atoms with Crippen LogP contribution in [0.2, 0.25) is 5.02 Å². The van der Waals surface area contributed by atoms with Crippen LogP contribution in [0.1, 0.15) is 33.1 Å². The summed E-state index contributed by atoms with van der Waals surface area (Å²) < 4.78 is 24.8.